The molecule has 1 aromatic carbocycles. The zero-order valence-electron chi connectivity index (χ0n) is 11.2. The van der Waals surface area contributed by atoms with Crippen molar-refractivity contribution >= 4 is 23.3 Å². The van der Waals surface area contributed by atoms with Crippen LogP contribution in [-0.4, -0.2) is 16.8 Å². The molecule has 0 saturated carbocycles. The zero-order valence-corrected chi connectivity index (χ0v) is 11.2. The van der Waals surface area contributed by atoms with Crippen LogP contribution in [0.3, 0.4) is 0 Å². The average molecular weight is 282 g/mol. The minimum atomic E-state index is -0.230. The molecule has 0 radical (unpaired) electrons. The van der Waals surface area contributed by atoms with E-state index in [2.05, 4.69) is 15.6 Å². The van der Waals surface area contributed by atoms with Crippen LogP contribution in [0.5, 0.6) is 0 Å². The highest BCUT2D eigenvalue weighted by Gasteiger charge is 2.22. The molecule has 6 heteroatoms. The molecule has 4 N–H and O–H groups in total. The first-order valence-corrected chi connectivity index (χ1v) is 6.55. The first-order chi connectivity index (χ1) is 10.2. The largest absolute Gasteiger partial charge is 0.326 e. The third-order valence-corrected chi connectivity index (χ3v) is 3.35. The summed E-state index contributed by atoms with van der Waals surface area (Å²) >= 11 is 0. The Kier molecular flexibility index (Phi) is 3.37. The van der Waals surface area contributed by atoms with E-state index < -0.39 is 0 Å². The van der Waals surface area contributed by atoms with Gasteiger partial charge in [-0.3, -0.25) is 9.59 Å². The van der Waals surface area contributed by atoms with Crippen LogP contribution < -0.4 is 16.4 Å². The maximum Gasteiger partial charge on any atom is 0.255 e. The Bertz CT molecular complexity index is 710. The highest BCUT2D eigenvalue weighted by Crippen LogP contribution is 2.27. The molecule has 0 saturated heterocycles. The Hall–Kier alpha value is -2.73. The summed E-state index contributed by atoms with van der Waals surface area (Å²) in [5.41, 5.74) is 8.35. The Morgan fingerprint density at radius 3 is 2.76 bits per heavy atom. The molecule has 0 spiro atoms. The van der Waals surface area contributed by atoms with Crippen molar-refractivity contribution < 1.29 is 9.59 Å². The number of fused-ring (bicyclic) bond motifs is 1. The molecule has 6 nitrogen and oxygen atoms in total. The van der Waals surface area contributed by atoms with Gasteiger partial charge in [0.25, 0.3) is 5.91 Å². The molecule has 1 aliphatic heterocycles. The van der Waals surface area contributed by atoms with Crippen LogP contribution in [0.15, 0.2) is 36.5 Å². The second kappa shape index (κ2) is 5.34. The number of nitrogens with one attached hydrogen (secondary N) is 2. The molecule has 0 atom stereocenters. The number of aromatic nitrogens is 1. The van der Waals surface area contributed by atoms with Crippen LogP contribution in [0.25, 0.3) is 0 Å². The van der Waals surface area contributed by atoms with Crippen molar-refractivity contribution in [2.45, 2.75) is 13.0 Å². The van der Waals surface area contributed by atoms with Crippen LogP contribution in [-0.2, 0) is 17.8 Å². The highest BCUT2D eigenvalue weighted by atomic mass is 16.2. The fourth-order valence-electron chi connectivity index (χ4n) is 2.22. The van der Waals surface area contributed by atoms with Gasteiger partial charge in [-0.1, -0.05) is 12.1 Å². The van der Waals surface area contributed by atoms with Gasteiger partial charge < -0.3 is 16.4 Å². The third kappa shape index (κ3) is 2.61. The summed E-state index contributed by atoms with van der Waals surface area (Å²) in [6.45, 7) is 0.438. The molecule has 0 unspecified atom stereocenters. The van der Waals surface area contributed by atoms with E-state index in [9.17, 15) is 9.59 Å². The zero-order chi connectivity index (χ0) is 14.8. The molecule has 2 aromatic rings. The monoisotopic (exact) mass is 282 g/mol. The van der Waals surface area contributed by atoms with E-state index in [0.29, 0.717) is 23.6 Å². The molecule has 21 heavy (non-hydrogen) atoms. The Balaban J connectivity index is 1.82. The molecule has 2 amide bonds. The first-order valence-electron chi connectivity index (χ1n) is 6.55. The lowest BCUT2D eigenvalue weighted by Gasteiger charge is -2.09. The van der Waals surface area contributed by atoms with E-state index >= 15 is 0 Å². The van der Waals surface area contributed by atoms with Gasteiger partial charge in [0.05, 0.1) is 6.42 Å². The van der Waals surface area contributed by atoms with Gasteiger partial charge in [0.15, 0.2) is 0 Å². The fourth-order valence-corrected chi connectivity index (χ4v) is 2.22. The number of carbonyl (C=O) groups excluding carboxylic acids is 2. The van der Waals surface area contributed by atoms with Gasteiger partial charge in [-0.2, -0.15) is 0 Å². The van der Waals surface area contributed by atoms with E-state index in [1.807, 2.05) is 12.1 Å². The van der Waals surface area contributed by atoms with Crippen molar-refractivity contribution in [3.8, 4) is 0 Å². The summed E-state index contributed by atoms with van der Waals surface area (Å²) in [4.78, 5) is 27.7. The quantitative estimate of drug-likeness (QED) is 0.790. The van der Waals surface area contributed by atoms with Crippen molar-refractivity contribution in [2.75, 3.05) is 10.6 Å². The molecule has 0 bridgehead atoms. The molecular formula is C15H14N4O2. The van der Waals surface area contributed by atoms with Crippen LogP contribution >= 0.6 is 0 Å². The lowest BCUT2D eigenvalue weighted by Crippen LogP contribution is -2.13. The maximum atomic E-state index is 12.2. The van der Waals surface area contributed by atoms with Crippen molar-refractivity contribution in [1.29, 1.82) is 0 Å². The lowest BCUT2D eigenvalue weighted by atomic mass is 10.1. The topological polar surface area (TPSA) is 97.1 Å². The molecule has 0 fully saturated rings. The normalized spacial score (nSPS) is 12.7. The number of amides is 2. The number of benzene rings is 1. The van der Waals surface area contributed by atoms with Gasteiger partial charge >= 0.3 is 0 Å². The van der Waals surface area contributed by atoms with E-state index in [1.165, 1.54) is 0 Å². The SMILES string of the molecule is NCc1ccc(C(=O)Nc2ccnc3c2CC(=O)N3)cc1. The molecule has 0 aliphatic carbocycles. The predicted molar refractivity (Wildman–Crippen MR) is 78.9 cm³/mol. The second-order valence-corrected chi connectivity index (χ2v) is 4.77. The van der Waals surface area contributed by atoms with E-state index in [1.54, 1.807) is 24.4 Å². The first kappa shape index (κ1) is 13.3. The summed E-state index contributed by atoms with van der Waals surface area (Å²) < 4.78 is 0. The number of pyridine rings is 1. The fraction of sp³-hybridized carbons (Fsp3) is 0.133. The Labute approximate surface area is 121 Å². The number of hydrogen-bond donors (Lipinski definition) is 3. The number of rotatable bonds is 3. The molecule has 106 valence electrons. The van der Waals surface area contributed by atoms with Crippen LogP contribution in [0.2, 0.25) is 0 Å². The maximum absolute atomic E-state index is 12.2. The highest BCUT2D eigenvalue weighted by molar-refractivity contribution is 6.07. The van der Waals surface area contributed by atoms with Crippen molar-refractivity contribution in [1.82, 2.24) is 4.98 Å². The van der Waals surface area contributed by atoms with Gasteiger partial charge in [0.1, 0.15) is 5.82 Å². The Morgan fingerprint density at radius 1 is 1.29 bits per heavy atom. The van der Waals surface area contributed by atoms with Crippen molar-refractivity contribution in [3.63, 3.8) is 0 Å². The smallest absolute Gasteiger partial charge is 0.255 e. The summed E-state index contributed by atoms with van der Waals surface area (Å²) in [6, 6.07) is 8.77. The van der Waals surface area contributed by atoms with Crippen LogP contribution in [0.1, 0.15) is 21.5 Å². The molecular weight excluding hydrogens is 268 g/mol. The molecule has 1 aliphatic rings. The standard InChI is InChI=1S/C15H14N4O2/c16-8-9-1-3-10(4-2-9)15(21)18-12-5-6-17-14-11(12)7-13(20)19-14/h1-6H,7-8,16H2,(H2,17,18,19,20,21). The van der Waals surface area contributed by atoms with Gasteiger partial charge in [0.2, 0.25) is 5.91 Å². The third-order valence-electron chi connectivity index (χ3n) is 3.35. The number of anilines is 2. The number of nitrogens with two attached hydrogens (primary N) is 1. The van der Waals surface area contributed by atoms with Gasteiger partial charge in [-0.05, 0) is 23.8 Å². The van der Waals surface area contributed by atoms with Gasteiger partial charge in [0, 0.05) is 29.6 Å². The predicted octanol–water partition coefficient (Wildman–Crippen LogP) is 1.29. The van der Waals surface area contributed by atoms with E-state index in [0.717, 1.165) is 11.1 Å². The summed E-state index contributed by atoms with van der Waals surface area (Å²) in [5.74, 6) is 0.161. The molecule has 2 heterocycles. The molecule has 3 rings (SSSR count). The lowest BCUT2D eigenvalue weighted by molar-refractivity contribution is -0.115. The van der Waals surface area contributed by atoms with Crippen molar-refractivity contribution in [3.05, 3.63) is 53.2 Å². The molecule has 1 aromatic heterocycles. The van der Waals surface area contributed by atoms with Crippen LogP contribution in [0, 0.1) is 0 Å². The van der Waals surface area contributed by atoms with Gasteiger partial charge in [-0.15, -0.1) is 0 Å². The van der Waals surface area contributed by atoms with E-state index in [-0.39, 0.29) is 18.2 Å². The summed E-state index contributed by atoms with van der Waals surface area (Å²) in [5, 5.41) is 5.46. The Morgan fingerprint density at radius 2 is 2.05 bits per heavy atom. The van der Waals surface area contributed by atoms with E-state index in [4.69, 9.17) is 5.73 Å². The number of hydrogen-bond acceptors (Lipinski definition) is 4. The second-order valence-electron chi connectivity index (χ2n) is 4.77. The number of nitrogens with zero attached hydrogens (tertiary/aromatic N) is 1. The summed E-state index contributed by atoms with van der Waals surface area (Å²) in [7, 11) is 0. The van der Waals surface area contributed by atoms with Gasteiger partial charge in [-0.25, -0.2) is 4.98 Å². The minimum Gasteiger partial charge on any atom is -0.326 e. The van der Waals surface area contributed by atoms with Crippen LogP contribution in [0.4, 0.5) is 11.5 Å². The van der Waals surface area contributed by atoms with Crippen molar-refractivity contribution in [2.24, 2.45) is 5.73 Å². The minimum absolute atomic E-state index is 0.119. The average Bonchev–Trinajstić information content (AvgIpc) is 2.88. The number of carbonyl (C=O) groups is 2. The summed E-state index contributed by atoms with van der Waals surface area (Å²) in [6.07, 6.45) is 1.78.